The van der Waals surface area contributed by atoms with Gasteiger partial charge in [-0.25, -0.2) is 0 Å². The first kappa shape index (κ1) is 13.0. The van der Waals surface area contributed by atoms with E-state index in [1.807, 2.05) is 13.8 Å². The van der Waals surface area contributed by atoms with Gasteiger partial charge in [-0.15, -0.1) is 0 Å². The van der Waals surface area contributed by atoms with E-state index in [1.165, 1.54) is 32.1 Å². The molecule has 2 nitrogen and oxygen atoms in total. The third-order valence-corrected chi connectivity index (χ3v) is 2.91. The number of unbranched alkanes of at least 4 members (excludes halogenated alkanes) is 3. The Morgan fingerprint density at radius 3 is 2.47 bits per heavy atom. The Labute approximate surface area is 94.3 Å². The summed E-state index contributed by atoms with van der Waals surface area (Å²) in [4.78, 5) is 0. The molecular weight excluding hydrogens is 188 g/mol. The van der Waals surface area contributed by atoms with Gasteiger partial charge in [0, 0.05) is 0 Å². The molecule has 0 aromatic rings. The molecule has 0 amide bonds. The predicted molar refractivity (Wildman–Crippen MR) is 62.9 cm³/mol. The summed E-state index contributed by atoms with van der Waals surface area (Å²) in [5.41, 5.74) is 0. The van der Waals surface area contributed by atoms with E-state index in [1.54, 1.807) is 0 Å². The monoisotopic (exact) mass is 214 g/mol. The van der Waals surface area contributed by atoms with Crippen molar-refractivity contribution in [2.24, 2.45) is 0 Å². The lowest BCUT2D eigenvalue weighted by molar-refractivity contribution is -0.296. The van der Waals surface area contributed by atoms with Crippen LogP contribution in [0, 0.1) is 0 Å². The molecule has 0 radical (unpaired) electrons. The molecule has 1 saturated heterocycles. The molecule has 2 heteroatoms. The third kappa shape index (κ3) is 4.98. The lowest BCUT2D eigenvalue weighted by Gasteiger charge is -2.39. The predicted octanol–water partition coefficient (Wildman–Crippen LogP) is 3.89. The van der Waals surface area contributed by atoms with Crippen LogP contribution in [0.1, 0.15) is 66.2 Å². The average molecular weight is 214 g/mol. The highest BCUT2D eigenvalue weighted by Gasteiger charge is 2.32. The van der Waals surface area contributed by atoms with Crippen LogP contribution in [0.15, 0.2) is 0 Å². The largest absolute Gasteiger partial charge is 0.347 e. The number of hydrogen-bond acceptors (Lipinski definition) is 2. The van der Waals surface area contributed by atoms with Gasteiger partial charge in [0.25, 0.3) is 0 Å². The minimum absolute atomic E-state index is 0.338. The molecule has 1 heterocycles. The van der Waals surface area contributed by atoms with E-state index in [4.69, 9.17) is 9.47 Å². The lowest BCUT2D eigenvalue weighted by Crippen LogP contribution is -2.43. The summed E-state index contributed by atoms with van der Waals surface area (Å²) < 4.78 is 11.6. The topological polar surface area (TPSA) is 18.5 Å². The SMILES string of the molecule is CCCCCC[C@H]1C[C@H](C)OC(C)(C)O1. The summed E-state index contributed by atoms with van der Waals surface area (Å²) in [5, 5.41) is 0. The molecule has 15 heavy (non-hydrogen) atoms. The molecule has 1 aliphatic rings. The van der Waals surface area contributed by atoms with Crippen LogP contribution in [0.3, 0.4) is 0 Å². The zero-order chi connectivity index (χ0) is 11.3. The van der Waals surface area contributed by atoms with Crippen LogP contribution in [0.2, 0.25) is 0 Å². The normalized spacial score (nSPS) is 30.4. The molecule has 1 aliphatic heterocycles. The van der Waals surface area contributed by atoms with E-state index >= 15 is 0 Å². The summed E-state index contributed by atoms with van der Waals surface area (Å²) in [6, 6.07) is 0. The quantitative estimate of drug-likeness (QED) is 0.646. The molecule has 0 spiro atoms. The van der Waals surface area contributed by atoms with E-state index < -0.39 is 0 Å². The average Bonchev–Trinajstić information content (AvgIpc) is 2.09. The first-order chi connectivity index (χ1) is 7.03. The minimum atomic E-state index is -0.382. The molecular formula is C13H26O2. The van der Waals surface area contributed by atoms with Gasteiger partial charge < -0.3 is 9.47 Å². The van der Waals surface area contributed by atoms with Crippen molar-refractivity contribution in [1.82, 2.24) is 0 Å². The summed E-state index contributed by atoms with van der Waals surface area (Å²) in [5.74, 6) is -0.382. The van der Waals surface area contributed by atoms with Crippen LogP contribution in [-0.2, 0) is 9.47 Å². The summed E-state index contributed by atoms with van der Waals surface area (Å²) in [7, 11) is 0. The Morgan fingerprint density at radius 2 is 1.87 bits per heavy atom. The smallest absolute Gasteiger partial charge is 0.163 e. The van der Waals surface area contributed by atoms with Crippen molar-refractivity contribution in [2.75, 3.05) is 0 Å². The van der Waals surface area contributed by atoms with Crippen molar-refractivity contribution in [2.45, 2.75) is 84.2 Å². The third-order valence-electron chi connectivity index (χ3n) is 2.91. The zero-order valence-corrected chi connectivity index (χ0v) is 10.7. The molecule has 0 bridgehead atoms. The Morgan fingerprint density at radius 1 is 1.13 bits per heavy atom. The van der Waals surface area contributed by atoms with Crippen LogP contribution in [0.4, 0.5) is 0 Å². The summed E-state index contributed by atoms with van der Waals surface area (Å²) >= 11 is 0. The fourth-order valence-electron chi connectivity index (χ4n) is 2.36. The van der Waals surface area contributed by atoms with Crippen LogP contribution in [-0.4, -0.2) is 18.0 Å². The van der Waals surface area contributed by atoms with Crippen molar-refractivity contribution in [3.8, 4) is 0 Å². The minimum Gasteiger partial charge on any atom is -0.347 e. The van der Waals surface area contributed by atoms with Gasteiger partial charge >= 0.3 is 0 Å². The molecule has 2 atom stereocenters. The van der Waals surface area contributed by atoms with E-state index in [0.717, 1.165) is 6.42 Å². The standard InChI is InChI=1S/C13H26O2/c1-5-6-7-8-9-12-10-11(2)14-13(3,4)15-12/h11-12H,5-10H2,1-4H3/t11-,12-/m0/s1. The first-order valence-corrected chi connectivity index (χ1v) is 6.39. The van der Waals surface area contributed by atoms with Gasteiger partial charge in [-0.2, -0.15) is 0 Å². The van der Waals surface area contributed by atoms with Gasteiger partial charge in [0.15, 0.2) is 5.79 Å². The second-order valence-electron chi connectivity index (χ2n) is 5.15. The highest BCUT2D eigenvalue weighted by molar-refractivity contribution is 4.73. The van der Waals surface area contributed by atoms with Crippen LogP contribution < -0.4 is 0 Å². The zero-order valence-electron chi connectivity index (χ0n) is 10.7. The van der Waals surface area contributed by atoms with E-state index in [9.17, 15) is 0 Å². The van der Waals surface area contributed by atoms with Crippen molar-refractivity contribution < 1.29 is 9.47 Å². The van der Waals surface area contributed by atoms with Gasteiger partial charge in [0.2, 0.25) is 0 Å². The van der Waals surface area contributed by atoms with Gasteiger partial charge in [0.05, 0.1) is 12.2 Å². The van der Waals surface area contributed by atoms with Crippen molar-refractivity contribution >= 4 is 0 Å². The highest BCUT2D eigenvalue weighted by atomic mass is 16.7. The van der Waals surface area contributed by atoms with E-state index in [2.05, 4.69) is 13.8 Å². The van der Waals surface area contributed by atoms with Crippen LogP contribution >= 0.6 is 0 Å². The van der Waals surface area contributed by atoms with Gasteiger partial charge in [0.1, 0.15) is 0 Å². The maximum absolute atomic E-state index is 5.90. The van der Waals surface area contributed by atoms with Gasteiger partial charge in [-0.1, -0.05) is 32.6 Å². The highest BCUT2D eigenvalue weighted by Crippen LogP contribution is 2.28. The van der Waals surface area contributed by atoms with Crippen molar-refractivity contribution in [1.29, 1.82) is 0 Å². The molecule has 1 fully saturated rings. The van der Waals surface area contributed by atoms with Crippen molar-refractivity contribution in [3.05, 3.63) is 0 Å². The first-order valence-electron chi connectivity index (χ1n) is 6.39. The van der Waals surface area contributed by atoms with Gasteiger partial charge in [-0.3, -0.25) is 0 Å². The number of hydrogen-bond donors (Lipinski definition) is 0. The second kappa shape index (κ2) is 5.86. The Bertz CT molecular complexity index is 177. The van der Waals surface area contributed by atoms with Crippen molar-refractivity contribution in [3.63, 3.8) is 0 Å². The molecule has 0 aliphatic carbocycles. The van der Waals surface area contributed by atoms with E-state index in [0.29, 0.717) is 12.2 Å². The number of ether oxygens (including phenoxy) is 2. The molecule has 1 rings (SSSR count). The Balaban J connectivity index is 2.23. The molecule has 0 N–H and O–H groups in total. The Kier molecular flexibility index (Phi) is 5.07. The lowest BCUT2D eigenvalue weighted by atomic mass is 10.0. The van der Waals surface area contributed by atoms with Crippen LogP contribution in [0.5, 0.6) is 0 Å². The molecule has 0 saturated carbocycles. The molecule has 0 unspecified atom stereocenters. The van der Waals surface area contributed by atoms with Gasteiger partial charge in [-0.05, 0) is 33.6 Å². The fourth-order valence-corrected chi connectivity index (χ4v) is 2.36. The fraction of sp³-hybridized carbons (Fsp3) is 1.00. The molecule has 0 aromatic carbocycles. The molecule has 90 valence electrons. The molecule has 0 aromatic heterocycles. The summed E-state index contributed by atoms with van der Waals surface area (Å²) in [6.45, 7) is 8.42. The maximum Gasteiger partial charge on any atom is 0.163 e. The maximum atomic E-state index is 5.90. The summed E-state index contributed by atoms with van der Waals surface area (Å²) in [6.07, 6.45) is 8.27. The number of rotatable bonds is 5. The van der Waals surface area contributed by atoms with Crippen LogP contribution in [0.25, 0.3) is 0 Å². The van der Waals surface area contributed by atoms with E-state index in [-0.39, 0.29) is 5.79 Å². The Hall–Kier alpha value is -0.0800. The second-order valence-corrected chi connectivity index (χ2v) is 5.15.